The molecule has 0 bridgehead atoms. The molecule has 4 fully saturated rings. The number of likely N-dealkylation sites (tertiary alicyclic amines) is 2. The van der Waals surface area contributed by atoms with Crippen LogP contribution in [0.2, 0.25) is 0 Å². The van der Waals surface area contributed by atoms with Crippen LogP contribution >= 0.6 is 0 Å². The summed E-state index contributed by atoms with van der Waals surface area (Å²) in [6.45, 7) is 8.35. The van der Waals surface area contributed by atoms with Crippen molar-refractivity contribution in [1.29, 1.82) is 0 Å². The fourth-order valence-corrected chi connectivity index (χ4v) is 6.39. The molecule has 1 atom stereocenters. The summed E-state index contributed by atoms with van der Waals surface area (Å²) in [4.78, 5) is 8.04. The zero-order valence-corrected chi connectivity index (χ0v) is 19.0. The molecule has 0 N–H and O–H groups in total. The molecule has 1 saturated carbocycles. The highest BCUT2D eigenvalue weighted by Gasteiger charge is 2.39. The van der Waals surface area contributed by atoms with Crippen LogP contribution in [-0.2, 0) is 11.3 Å². The molecule has 4 heteroatoms. The first-order valence-electron chi connectivity index (χ1n) is 12.6. The van der Waals surface area contributed by atoms with Crippen LogP contribution in [-0.4, -0.2) is 68.3 Å². The first-order valence-corrected chi connectivity index (χ1v) is 12.6. The van der Waals surface area contributed by atoms with Crippen LogP contribution in [0.25, 0.3) is 0 Å². The van der Waals surface area contributed by atoms with Crippen LogP contribution in [0.3, 0.4) is 0 Å². The Morgan fingerprint density at radius 3 is 2.20 bits per heavy atom. The molecular formula is C26H41N3O. The topological polar surface area (TPSA) is 19.0 Å². The van der Waals surface area contributed by atoms with Gasteiger partial charge in [-0.15, -0.1) is 0 Å². The Morgan fingerprint density at radius 1 is 0.867 bits per heavy atom. The second-order valence-electron chi connectivity index (χ2n) is 10.5. The number of methoxy groups -OCH3 is 1. The first-order chi connectivity index (χ1) is 14.7. The fourth-order valence-electron chi connectivity index (χ4n) is 6.39. The molecule has 166 valence electrons. The molecular weight excluding hydrogens is 370 g/mol. The number of hydrogen-bond acceptors (Lipinski definition) is 4. The van der Waals surface area contributed by atoms with Gasteiger partial charge in [-0.2, -0.15) is 0 Å². The van der Waals surface area contributed by atoms with Crippen molar-refractivity contribution >= 4 is 5.69 Å². The first kappa shape index (κ1) is 20.8. The van der Waals surface area contributed by atoms with Crippen molar-refractivity contribution in [3.8, 4) is 0 Å². The van der Waals surface area contributed by atoms with Gasteiger partial charge in [-0.25, -0.2) is 0 Å². The lowest BCUT2D eigenvalue weighted by atomic mass is 9.70. The van der Waals surface area contributed by atoms with Gasteiger partial charge in [0.15, 0.2) is 0 Å². The van der Waals surface area contributed by atoms with Crippen LogP contribution < -0.4 is 4.90 Å². The highest BCUT2D eigenvalue weighted by molar-refractivity contribution is 5.48. The van der Waals surface area contributed by atoms with Crippen molar-refractivity contribution in [3.05, 3.63) is 29.8 Å². The van der Waals surface area contributed by atoms with Crippen LogP contribution in [0.1, 0.15) is 63.4 Å². The number of benzene rings is 1. The van der Waals surface area contributed by atoms with Crippen molar-refractivity contribution in [2.75, 3.05) is 51.3 Å². The molecule has 0 unspecified atom stereocenters. The Labute approximate surface area is 183 Å². The number of rotatable bonds is 6. The maximum atomic E-state index is 5.41. The van der Waals surface area contributed by atoms with Crippen molar-refractivity contribution in [2.24, 2.45) is 5.41 Å². The molecule has 5 rings (SSSR count). The maximum absolute atomic E-state index is 5.41. The molecule has 4 aliphatic rings. The van der Waals surface area contributed by atoms with E-state index in [1.807, 2.05) is 7.11 Å². The van der Waals surface area contributed by atoms with E-state index in [1.54, 1.807) is 0 Å². The summed E-state index contributed by atoms with van der Waals surface area (Å²) in [6.07, 6.45) is 12.6. The van der Waals surface area contributed by atoms with Gasteiger partial charge in [-0.1, -0.05) is 18.6 Å². The summed E-state index contributed by atoms with van der Waals surface area (Å²) in [7, 11) is 1.83. The molecule has 0 amide bonds. The third-order valence-electron chi connectivity index (χ3n) is 8.82. The van der Waals surface area contributed by atoms with E-state index in [-0.39, 0.29) is 0 Å². The average Bonchev–Trinajstić information content (AvgIpc) is 3.17. The Hall–Kier alpha value is -1.10. The minimum absolute atomic E-state index is 0.601. The van der Waals surface area contributed by atoms with Gasteiger partial charge in [0.2, 0.25) is 0 Å². The molecule has 1 aromatic rings. The van der Waals surface area contributed by atoms with Gasteiger partial charge in [0, 0.05) is 44.5 Å². The number of nitrogens with zero attached hydrogens (tertiary/aromatic N) is 3. The Bertz CT molecular complexity index is 668. The van der Waals surface area contributed by atoms with E-state index in [0.717, 1.165) is 19.2 Å². The third kappa shape index (κ3) is 4.42. The number of piperidine rings is 2. The van der Waals surface area contributed by atoms with Gasteiger partial charge in [0.1, 0.15) is 0 Å². The standard InChI is InChI=1S/C26H41N3O/c1-30-21-25-6-3-15-29(25)20-22-7-9-24(10-8-22)28-18-13-26(14-19-28)11-16-27(17-12-26)23-4-2-5-23/h7-10,23,25H,2-6,11-21H2,1H3/t25-/m1/s1. The molecule has 3 aliphatic heterocycles. The molecule has 3 saturated heterocycles. The normalized spacial score (nSPS) is 28.2. The van der Waals surface area contributed by atoms with E-state index >= 15 is 0 Å². The van der Waals surface area contributed by atoms with E-state index in [9.17, 15) is 0 Å². The molecule has 4 nitrogen and oxygen atoms in total. The summed E-state index contributed by atoms with van der Waals surface area (Å²) in [5, 5.41) is 0. The van der Waals surface area contributed by atoms with Crippen molar-refractivity contribution in [1.82, 2.24) is 9.80 Å². The molecule has 1 aliphatic carbocycles. The number of anilines is 1. The largest absolute Gasteiger partial charge is 0.383 e. The predicted octanol–water partition coefficient (Wildman–Crippen LogP) is 4.53. The third-order valence-corrected chi connectivity index (χ3v) is 8.82. The van der Waals surface area contributed by atoms with Crippen LogP contribution in [0, 0.1) is 5.41 Å². The van der Waals surface area contributed by atoms with Gasteiger partial charge in [0.05, 0.1) is 6.61 Å². The van der Waals surface area contributed by atoms with Crippen molar-refractivity contribution in [3.63, 3.8) is 0 Å². The van der Waals surface area contributed by atoms with Gasteiger partial charge < -0.3 is 14.5 Å². The van der Waals surface area contributed by atoms with Gasteiger partial charge in [-0.05, 0) is 94.1 Å². The van der Waals surface area contributed by atoms with Crippen LogP contribution in [0.5, 0.6) is 0 Å². The highest BCUT2D eigenvalue weighted by atomic mass is 16.5. The second kappa shape index (κ2) is 9.18. The lowest BCUT2D eigenvalue weighted by molar-refractivity contribution is 0.0306. The lowest BCUT2D eigenvalue weighted by Crippen LogP contribution is -2.50. The molecule has 0 radical (unpaired) electrons. The van der Waals surface area contributed by atoms with Crippen molar-refractivity contribution in [2.45, 2.75) is 76.4 Å². The minimum atomic E-state index is 0.601. The summed E-state index contributed by atoms with van der Waals surface area (Å²) >= 11 is 0. The van der Waals surface area contributed by atoms with Gasteiger partial charge >= 0.3 is 0 Å². The summed E-state index contributed by atoms with van der Waals surface area (Å²) in [6, 6.07) is 11.0. The molecule has 1 aromatic carbocycles. The average molecular weight is 412 g/mol. The summed E-state index contributed by atoms with van der Waals surface area (Å²) < 4.78 is 5.41. The molecule has 30 heavy (non-hydrogen) atoms. The lowest BCUT2D eigenvalue weighted by Gasteiger charge is -2.50. The summed E-state index contributed by atoms with van der Waals surface area (Å²) in [5.41, 5.74) is 3.51. The Balaban J connectivity index is 1.11. The van der Waals surface area contributed by atoms with E-state index < -0.39 is 0 Å². The summed E-state index contributed by atoms with van der Waals surface area (Å²) in [5.74, 6) is 0. The highest BCUT2D eigenvalue weighted by Crippen LogP contribution is 2.43. The van der Waals surface area contributed by atoms with E-state index in [1.165, 1.54) is 102 Å². The van der Waals surface area contributed by atoms with Crippen molar-refractivity contribution < 1.29 is 4.74 Å². The van der Waals surface area contributed by atoms with Gasteiger partial charge in [-0.3, -0.25) is 4.90 Å². The second-order valence-corrected chi connectivity index (χ2v) is 10.5. The molecule has 1 spiro atoms. The SMILES string of the molecule is COC[C@H]1CCCN1Cc1ccc(N2CCC3(CC2)CCN(C2CCC2)CC3)cc1. The quantitative estimate of drug-likeness (QED) is 0.684. The minimum Gasteiger partial charge on any atom is -0.383 e. The monoisotopic (exact) mass is 411 g/mol. The van der Waals surface area contributed by atoms with E-state index in [0.29, 0.717) is 11.5 Å². The number of hydrogen-bond donors (Lipinski definition) is 0. The van der Waals surface area contributed by atoms with E-state index in [2.05, 4.69) is 39.0 Å². The maximum Gasteiger partial charge on any atom is 0.0618 e. The Morgan fingerprint density at radius 2 is 1.57 bits per heavy atom. The fraction of sp³-hybridized carbons (Fsp3) is 0.769. The van der Waals surface area contributed by atoms with Crippen LogP contribution in [0.15, 0.2) is 24.3 Å². The Kier molecular flexibility index (Phi) is 6.36. The molecule has 0 aromatic heterocycles. The van der Waals surface area contributed by atoms with Gasteiger partial charge in [0.25, 0.3) is 0 Å². The van der Waals surface area contributed by atoms with E-state index in [4.69, 9.17) is 4.74 Å². The smallest absolute Gasteiger partial charge is 0.0618 e. The van der Waals surface area contributed by atoms with Crippen LogP contribution in [0.4, 0.5) is 5.69 Å². The zero-order valence-electron chi connectivity index (χ0n) is 19.0. The predicted molar refractivity (Wildman–Crippen MR) is 124 cm³/mol. The molecule has 3 heterocycles. The zero-order chi connectivity index (χ0) is 20.4. The number of ether oxygens (including phenoxy) is 1.